The van der Waals surface area contributed by atoms with Crippen LogP contribution in [-0.2, 0) is 11.3 Å². The molecule has 2 N–H and O–H groups in total. The average molecular weight is 482 g/mol. The van der Waals surface area contributed by atoms with E-state index in [2.05, 4.69) is 10.3 Å². The Balaban J connectivity index is 1.38. The standard InChI is InChI=1S/C25H27N3O5S/c1-2-30-19-7-5-18(6-8-19)26-25(34)28(14-20-4-3-9-31-20)13-17-10-16-11-22-23(33-15-32-22)12-21(16)27-24(17)29/h5-8,10-12,20H,2-4,9,13-15H2,1H3,(H,26,34)(H,27,29)/t20-/m1/s1. The highest BCUT2D eigenvalue weighted by Crippen LogP contribution is 2.35. The van der Waals surface area contributed by atoms with Crippen molar-refractivity contribution in [1.29, 1.82) is 0 Å². The molecule has 3 aromatic rings. The molecule has 1 fully saturated rings. The van der Waals surface area contributed by atoms with Gasteiger partial charge in [0.1, 0.15) is 5.75 Å². The first kappa shape index (κ1) is 22.5. The zero-order valence-corrected chi connectivity index (χ0v) is 19.8. The predicted molar refractivity (Wildman–Crippen MR) is 134 cm³/mol. The first-order valence-electron chi connectivity index (χ1n) is 11.4. The Bertz CT molecular complexity index is 1240. The van der Waals surface area contributed by atoms with Gasteiger partial charge in [0.15, 0.2) is 16.6 Å². The smallest absolute Gasteiger partial charge is 0.253 e. The zero-order chi connectivity index (χ0) is 23.5. The van der Waals surface area contributed by atoms with E-state index in [9.17, 15) is 4.79 Å². The highest BCUT2D eigenvalue weighted by molar-refractivity contribution is 7.80. The fourth-order valence-electron chi connectivity index (χ4n) is 4.22. The largest absolute Gasteiger partial charge is 0.494 e. The van der Waals surface area contributed by atoms with Crippen molar-refractivity contribution in [2.24, 2.45) is 0 Å². The van der Waals surface area contributed by atoms with E-state index in [-0.39, 0.29) is 18.5 Å². The molecular weight excluding hydrogens is 454 g/mol. The summed E-state index contributed by atoms with van der Waals surface area (Å²) in [6.45, 7) is 4.45. The van der Waals surface area contributed by atoms with Gasteiger partial charge in [-0.3, -0.25) is 4.79 Å². The SMILES string of the molecule is CCOc1ccc(NC(=S)N(Cc2cc3cc4c(cc3[nH]c2=O)OCO4)C[C@H]2CCCO2)cc1. The van der Waals surface area contributed by atoms with Gasteiger partial charge < -0.3 is 34.1 Å². The lowest BCUT2D eigenvalue weighted by molar-refractivity contribution is 0.0904. The number of benzene rings is 2. The van der Waals surface area contributed by atoms with E-state index >= 15 is 0 Å². The van der Waals surface area contributed by atoms with E-state index in [0.717, 1.165) is 36.3 Å². The van der Waals surface area contributed by atoms with Crippen LogP contribution in [0, 0.1) is 0 Å². The third-order valence-corrected chi connectivity index (χ3v) is 6.29. The second kappa shape index (κ2) is 9.90. The molecule has 0 radical (unpaired) electrons. The van der Waals surface area contributed by atoms with Gasteiger partial charge in [0.05, 0.1) is 24.8 Å². The molecule has 2 aliphatic rings. The number of rotatable bonds is 7. The molecule has 0 aliphatic carbocycles. The molecule has 1 saturated heterocycles. The quantitative estimate of drug-likeness (QED) is 0.490. The highest BCUT2D eigenvalue weighted by Gasteiger charge is 2.23. The van der Waals surface area contributed by atoms with Crippen molar-refractivity contribution in [3.63, 3.8) is 0 Å². The number of aromatic amines is 1. The van der Waals surface area contributed by atoms with Crippen LogP contribution in [0.5, 0.6) is 17.2 Å². The van der Waals surface area contributed by atoms with Crippen LogP contribution in [0.25, 0.3) is 10.9 Å². The Morgan fingerprint density at radius 2 is 2.00 bits per heavy atom. The Hall–Kier alpha value is -3.30. The molecule has 0 saturated carbocycles. The third kappa shape index (κ3) is 4.95. The maximum Gasteiger partial charge on any atom is 0.253 e. The van der Waals surface area contributed by atoms with Gasteiger partial charge >= 0.3 is 0 Å². The topological polar surface area (TPSA) is 85.1 Å². The molecule has 178 valence electrons. The van der Waals surface area contributed by atoms with Gasteiger partial charge in [0.25, 0.3) is 5.56 Å². The van der Waals surface area contributed by atoms with E-state index in [1.165, 1.54) is 0 Å². The lowest BCUT2D eigenvalue weighted by atomic mass is 10.1. The molecule has 5 rings (SSSR count). The number of thiocarbonyl (C=S) groups is 1. The zero-order valence-electron chi connectivity index (χ0n) is 19.0. The molecule has 34 heavy (non-hydrogen) atoms. The summed E-state index contributed by atoms with van der Waals surface area (Å²) in [5.41, 5.74) is 2.01. The summed E-state index contributed by atoms with van der Waals surface area (Å²) in [4.78, 5) is 17.9. The molecule has 1 atom stereocenters. The van der Waals surface area contributed by atoms with E-state index in [1.54, 1.807) is 6.07 Å². The highest BCUT2D eigenvalue weighted by atomic mass is 32.1. The molecule has 0 bridgehead atoms. The summed E-state index contributed by atoms with van der Waals surface area (Å²) in [5.74, 6) is 2.12. The number of pyridine rings is 1. The van der Waals surface area contributed by atoms with Crippen molar-refractivity contribution >= 4 is 33.9 Å². The maximum absolute atomic E-state index is 12.9. The van der Waals surface area contributed by atoms with Gasteiger partial charge in [-0.2, -0.15) is 0 Å². The van der Waals surface area contributed by atoms with Gasteiger partial charge in [-0.15, -0.1) is 0 Å². The lowest BCUT2D eigenvalue weighted by Crippen LogP contribution is -2.40. The number of nitrogens with one attached hydrogen (secondary N) is 2. The maximum atomic E-state index is 12.9. The fraction of sp³-hybridized carbons (Fsp3) is 0.360. The number of H-pyrrole nitrogens is 1. The normalized spacial score (nSPS) is 16.6. The van der Waals surface area contributed by atoms with Crippen molar-refractivity contribution in [3.8, 4) is 17.2 Å². The van der Waals surface area contributed by atoms with Gasteiger partial charge in [-0.25, -0.2) is 0 Å². The van der Waals surface area contributed by atoms with E-state index in [1.807, 2.05) is 48.2 Å². The summed E-state index contributed by atoms with van der Waals surface area (Å²) in [7, 11) is 0. The molecular formula is C25H27N3O5S. The minimum absolute atomic E-state index is 0.0773. The second-order valence-corrected chi connectivity index (χ2v) is 8.71. The van der Waals surface area contributed by atoms with Crippen LogP contribution in [0.3, 0.4) is 0 Å². The van der Waals surface area contributed by atoms with Gasteiger partial charge in [0, 0.05) is 35.9 Å². The van der Waals surface area contributed by atoms with Crippen LogP contribution in [0.2, 0.25) is 0 Å². The summed E-state index contributed by atoms with van der Waals surface area (Å²) in [6, 6.07) is 13.2. The number of aromatic nitrogens is 1. The number of hydrogen-bond acceptors (Lipinski definition) is 6. The monoisotopic (exact) mass is 481 g/mol. The Morgan fingerprint density at radius 3 is 2.74 bits per heavy atom. The average Bonchev–Trinajstić information content (AvgIpc) is 3.51. The van der Waals surface area contributed by atoms with Crippen LogP contribution < -0.4 is 25.1 Å². The molecule has 0 spiro atoms. The minimum Gasteiger partial charge on any atom is -0.494 e. The van der Waals surface area contributed by atoms with Crippen molar-refractivity contribution in [2.45, 2.75) is 32.4 Å². The lowest BCUT2D eigenvalue weighted by Gasteiger charge is -2.28. The Labute approximate surface area is 202 Å². The number of hydrogen-bond donors (Lipinski definition) is 2. The molecule has 9 heteroatoms. The molecule has 0 amide bonds. The molecule has 8 nitrogen and oxygen atoms in total. The van der Waals surface area contributed by atoms with Gasteiger partial charge in [-0.05, 0) is 68.4 Å². The summed E-state index contributed by atoms with van der Waals surface area (Å²) >= 11 is 5.76. The first-order valence-corrected chi connectivity index (χ1v) is 11.9. The molecule has 2 aromatic carbocycles. The van der Waals surface area contributed by atoms with E-state index in [4.69, 9.17) is 31.2 Å². The first-order chi connectivity index (χ1) is 16.6. The van der Waals surface area contributed by atoms with Crippen LogP contribution in [0.4, 0.5) is 5.69 Å². The Kier molecular flexibility index (Phi) is 6.55. The predicted octanol–water partition coefficient (Wildman–Crippen LogP) is 4.03. The molecule has 0 unspecified atom stereocenters. The molecule has 1 aromatic heterocycles. The number of nitrogens with zero attached hydrogens (tertiary/aromatic N) is 1. The minimum atomic E-state index is -0.160. The van der Waals surface area contributed by atoms with Crippen LogP contribution >= 0.6 is 12.2 Å². The molecule has 3 heterocycles. The van der Waals surface area contributed by atoms with Gasteiger partial charge in [-0.1, -0.05) is 0 Å². The Morgan fingerprint density at radius 1 is 1.21 bits per heavy atom. The van der Waals surface area contributed by atoms with E-state index < -0.39 is 0 Å². The van der Waals surface area contributed by atoms with Crippen molar-refractivity contribution in [1.82, 2.24) is 9.88 Å². The van der Waals surface area contributed by atoms with Crippen molar-refractivity contribution in [3.05, 3.63) is 58.4 Å². The summed E-state index contributed by atoms with van der Waals surface area (Å²) in [6.07, 6.45) is 2.08. The third-order valence-electron chi connectivity index (χ3n) is 5.93. The van der Waals surface area contributed by atoms with Crippen LogP contribution in [0.15, 0.2) is 47.3 Å². The van der Waals surface area contributed by atoms with E-state index in [0.29, 0.717) is 47.4 Å². The summed E-state index contributed by atoms with van der Waals surface area (Å²) in [5, 5.41) is 4.70. The van der Waals surface area contributed by atoms with Gasteiger partial charge in [0.2, 0.25) is 6.79 Å². The van der Waals surface area contributed by atoms with Crippen molar-refractivity contribution in [2.75, 3.05) is 31.9 Å². The molecule has 2 aliphatic heterocycles. The van der Waals surface area contributed by atoms with Crippen LogP contribution in [-0.4, -0.2) is 47.7 Å². The number of ether oxygens (including phenoxy) is 4. The fourth-order valence-corrected chi connectivity index (χ4v) is 4.48. The number of fused-ring (bicyclic) bond motifs is 2. The van der Waals surface area contributed by atoms with Crippen molar-refractivity contribution < 1.29 is 18.9 Å². The second-order valence-electron chi connectivity index (χ2n) is 8.32. The number of anilines is 1. The summed E-state index contributed by atoms with van der Waals surface area (Å²) < 4.78 is 22.3. The van der Waals surface area contributed by atoms with Crippen LogP contribution in [0.1, 0.15) is 25.3 Å².